The Kier molecular flexibility index (Phi) is 2.99. The lowest BCUT2D eigenvalue weighted by Gasteiger charge is -2.03. The maximum Gasteiger partial charge on any atom is 0.228 e. The van der Waals surface area contributed by atoms with Crippen molar-refractivity contribution >= 4 is 16.8 Å². The Morgan fingerprint density at radius 3 is 2.45 bits per heavy atom. The Bertz CT molecular complexity index is 773. The van der Waals surface area contributed by atoms with Crippen molar-refractivity contribution in [1.82, 2.24) is 9.55 Å². The molecule has 0 amide bonds. The van der Waals surface area contributed by atoms with Gasteiger partial charge in [0.2, 0.25) is 5.78 Å². The number of hydrogen-bond donors (Lipinski definition) is 0. The van der Waals surface area contributed by atoms with E-state index < -0.39 is 0 Å². The average molecular weight is 266 g/mol. The molecule has 100 valence electrons. The van der Waals surface area contributed by atoms with Crippen LogP contribution < -0.4 is 4.74 Å². The Morgan fingerprint density at radius 1 is 1.10 bits per heavy atom. The van der Waals surface area contributed by atoms with Gasteiger partial charge in [-0.05, 0) is 36.4 Å². The number of rotatable bonds is 3. The van der Waals surface area contributed by atoms with E-state index in [1.807, 2.05) is 35.9 Å². The lowest BCUT2D eigenvalue weighted by Crippen LogP contribution is -2.08. The topological polar surface area (TPSA) is 44.1 Å². The quantitative estimate of drug-likeness (QED) is 0.685. The highest BCUT2D eigenvalue weighted by molar-refractivity contribution is 6.08. The number of para-hydroxylation sites is 2. The minimum Gasteiger partial charge on any atom is -0.497 e. The Balaban J connectivity index is 2.05. The molecule has 0 atom stereocenters. The monoisotopic (exact) mass is 266 g/mol. The molecule has 0 saturated carbocycles. The van der Waals surface area contributed by atoms with Crippen LogP contribution in [-0.2, 0) is 7.05 Å². The molecule has 3 rings (SSSR count). The minimum atomic E-state index is -0.0913. The maximum atomic E-state index is 12.5. The Hall–Kier alpha value is -2.62. The molecular weight excluding hydrogens is 252 g/mol. The zero-order valence-electron chi connectivity index (χ0n) is 11.3. The van der Waals surface area contributed by atoms with Gasteiger partial charge in [0.1, 0.15) is 5.75 Å². The first-order valence-electron chi connectivity index (χ1n) is 6.31. The van der Waals surface area contributed by atoms with Gasteiger partial charge in [-0.2, -0.15) is 0 Å². The molecule has 4 heteroatoms. The second-order valence-electron chi connectivity index (χ2n) is 4.54. The summed E-state index contributed by atoms with van der Waals surface area (Å²) in [7, 11) is 3.45. The van der Waals surface area contributed by atoms with Crippen LogP contribution in [0.1, 0.15) is 16.2 Å². The summed E-state index contributed by atoms with van der Waals surface area (Å²) in [5, 5.41) is 0. The van der Waals surface area contributed by atoms with Gasteiger partial charge in [-0.1, -0.05) is 12.1 Å². The second-order valence-corrected chi connectivity index (χ2v) is 4.54. The summed E-state index contributed by atoms with van der Waals surface area (Å²) < 4.78 is 6.92. The van der Waals surface area contributed by atoms with Gasteiger partial charge in [-0.3, -0.25) is 4.79 Å². The van der Waals surface area contributed by atoms with Crippen LogP contribution in [0, 0.1) is 0 Å². The van der Waals surface area contributed by atoms with Gasteiger partial charge < -0.3 is 9.30 Å². The number of hydrogen-bond acceptors (Lipinski definition) is 3. The molecule has 20 heavy (non-hydrogen) atoms. The summed E-state index contributed by atoms with van der Waals surface area (Å²) in [4.78, 5) is 16.9. The van der Waals surface area contributed by atoms with E-state index in [1.54, 1.807) is 31.4 Å². The van der Waals surface area contributed by atoms with Crippen molar-refractivity contribution in [2.24, 2.45) is 7.05 Å². The van der Waals surface area contributed by atoms with E-state index in [-0.39, 0.29) is 5.78 Å². The van der Waals surface area contributed by atoms with Crippen LogP contribution in [0.2, 0.25) is 0 Å². The molecule has 0 spiro atoms. The van der Waals surface area contributed by atoms with Crippen molar-refractivity contribution in [2.45, 2.75) is 0 Å². The fraction of sp³-hybridized carbons (Fsp3) is 0.125. The summed E-state index contributed by atoms with van der Waals surface area (Å²) in [6, 6.07) is 14.8. The first kappa shape index (κ1) is 12.4. The van der Waals surface area contributed by atoms with E-state index in [9.17, 15) is 4.79 Å². The zero-order chi connectivity index (χ0) is 14.1. The molecule has 0 fully saturated rings. The number of methoxy groups -OCH3 is 1. The molecule has 0 N–H and O–H groups in total. The lowest BCUT2D eigenvalue weighted by molar-refractivity contribution is 0.102. The first-order chi connectivity index (χ1) is 9.70. The third-order valence-electron chi connectivity index (χ3n) is 3.34. The van der Waals surface area contributed by atoms with E-state index in [0.717, 1.165) is 16.8 Å². The Morgan fingerprint density at radius 2 is 1.80 bits per heavy atom. The van der Waals surface area contributed by atoms with E-state index in [2.05, 4.69) is 4.98 Å². The molecule has 1 heterocycles. The number of carbonyl (C=O) groups excluding carboxylic acids is 1. The van der Waals surface area contributed by atoms with Crippen LogP contribution >= 0.6 is 0 Å². The van der Waals surface area contributed by atoms with E-state index in [0.29, 0.717) is 11.4 Å². The molecule has 4 nitrogen and oxygen atoms in total. The Labute approximate surface area is 116 Å². The second kappa shape index (κ2) is 4.81. The highest BCUT2D eigenvalue weighted by atomic mass is 16.5. The molecule has 2 aromatic carbocycles. The number of imidazole rings is 1. The molecule has 0 unspecified atom stereocenters. The molecular formula is C16H14N2O2. The van der Waals surface area contributed by atoms with Crippen LogP contribution in [0.3, 0.4) is 0 Å². The van der Waals surface area contributed by atoms with Gasteiger partial charge in [0.15, 0.2) is 5.82 Å². The standard InChI is InChI=1S/C16H14N2O2/c1-18-14-6-4-3-5-13(14)17-16(18)15(19)11-7-9-12(20-2)10-8-11/h3-10H,1-2H3. The van der Waals surface area contributed by atoms with Crippen molar-refractivity contribution < 1.29 is 9.53 Å². The number of ketones is 1. The van der Waals surface area contributed by atoms with Crippen LogP contribution in [0.25, 0.3) is 11.0 Å². The summed E-state index contributed by atoms with van der Waals surface area (Å²) >= 11 is 0. The van der Waals surface area contributed by atoms with Gasteiger partial charge in [-0.25, -0.2) is 4.98 Å². The van der Waals surface area contributed by atoms with Crippen LogP contribution in [0.4, 0.5) is 0 Å². The van der Waals surface area contributed by atoms with Crippen LogP contribution in [0.15, 0.2) is 48.5 Å². The van der Waals surface area contributed by atoms with Crippen molar-refractivity contribution in [2.75, 3.05) is 7.11 Å². The molecule has 0 aliphatic carbocycles. The molecule has 0 bridgehead atoms. The number of benzene rings is 2. The van der Waals surface area contributed by atoms with Crippen molar-refractivity contribution in [3.05, 3.63) is 59.9 Å². The predicted molar refractivity (Wildman–Crippen MR) is 77.1 cm³/mol. The third kappa shape index (κ3) is 1.95. The van der Waals surface area contributed by atoms with E-state index in [4.69, 9.17) is 4.74 Å². The maximum absolute atomic E-state index is 12.5. The number of ether oxygens (including phenoxy) is 1. The highest BCUT2D eigenvalue weighted by Gasteiger charge is 2.16. The molecule has 0 aliphatic rings. The number of aryl methyl sites for hydroxylation is 1. The van der Waals surface area contributed by atoms with E-state index >= 15 is 0 Å². The minimum absolute atomic E-state index is 0.0913. The summed E-state index contributed by atoms with van der Waals surface area (Å²) in [5.41, 5.74) is 2.38. The zero-order valence-corrected chi connectivity index (χ0v) is 11.3. The highest BCUT2D eigenvalue weighted by Crippen LogP contribution is 2.18. The number of nitrogens with zero attached hydrogens (tertiary/aromatic N) is 2. The average Bonchev–Trinajstić information content (AvgIpc) is 2.84. The number of aromatic nitrogens is 2. The summed E-state index contributed by atoms with van der Waals surface area (Å²) in [6.45, 7) is 0. The molecule has 0 saturated heterocycles. The molecule has 3 aromatic rings. The lowest BCUT2D eigenvalue weighted by atomic mass is 10.1. The normalized spacial score (nSPS) is 10.7. The van der Waals surface area contributed by atoms with E-state index in [1.165, 1.54) is 0 Å². The predicted octanol–water partition coefficient (Wildman–Crippen LogP) is 2.81. The molecule has 1 aromatic heterocycles. The summed E-state index contributed by atoms with van der Waals surface area (Å²) in [5.74, 6) is 1.08. The SMILES string of the molecule is COc1ccc(C(=O)c2nc3ccccc3n2C)cc1. The van der Waals surface area contributed by atoms with Gasteiger partial charge in [-0.15, -0.1) is 0 Å². The van der Waals surface area contributed by atoms with Gasteiger partial charge in [0, 0.05) is 12.6 Å². The van der Waals surface area contributed by atoms with Gasteiger partial charge in [0.25, 0.3) is 0 Å². The summed E-state index contributed by atoms with van der Waals surface area (Å²) in [6.07, 6.45) is 0. The number of carbonyl (C=O) groups is 1. The van der Waals surface area contributed by atoms with Gasteiger partial charge >= 0.3 is 0 Å². The van der Waals surface area contributed by atoms with Crippen molar-refractivity contribution in [3.63, 3.8) is 0 Å². The molecule has 0 radical (unpaired) electrons. The fourth-order valence-corrected chi connectivity index (χ4v) is 2.22. The van der Waals surface area contributed by atoms with Crippen LogP contribution in [0.5, 0.6) is 5.75 Å². The third-order valence-corrected chi connectivity index (χ3v) is 3.34. The smallest absolute Gasteiger partial charge is 0.228 e. The number of fused-ring (bicyclic) bond motifs is 1. The van der Waals surface area contributed by atoms with Gasteiger partial charge in [0.05, 0.1) is 18.1 Å². The fourth-order valence-electron chi connectivity index (χ4n) is 2.22. The van der Waals surface area contributed by atoms with Crippen molar-refractivity contribution in [3.8, 4) is 5.75 Å². The first-order valence-corrected chi connectivity index (χ1v) is 6.31. The molecule has 0 aliphatic heterocycles. The van der Waals surface area contributed by atoms with Crippen LogP contribution in [-0.4, -0.2) is 22.4 Å². The largest absolute Gasteiger partial charge is 0.497 e. The van der Waals surface area contributed by atoms with Crippen molar-refractivity contribution in [1.29, 1.82) is 0 Å².